The molecule has 1 heterocycles. The molecule has 1 saturated carbocycles. The molecule has 0 saturated heterocycles. The van der Waals surface area contributed by atoms with E-state index in [2.05, 4.69) is 5.32 Å². The highest BCUT2D eigenvalue weighted by atomic mass is 32.2. The highest BCUT2D eigenvalue weighted by Crippen LogP contribution is 2.49. The number of allylic oxidation sites excluding steroid dienone is 4. The van der Waals surface area contributed by atoms with Gasteiger partial charge in [0.1, 0.15) is 16.4 Å². The minimum absolute atomic E-state index is 0.0142. The zero-order valence-corrected chi connectivity index (χ0v) is 17.4. The first kappa shape index (κ1) is 19.1. The predicted octanol–water partition coefficient (Wildman–Crippen LogP) is 1.74. The summed E-state index contributed by atoms with van der Waals surface area (Å²) in [7, 11) is -0.168. The number of methoxy groups -OCH3 is 1. The summed E-state index contributed by atoms with van der Waals surface area (Å²) >= 11 is 0. The van der Waals surface area contributed by atoms with Crippen LogP contribution in [0.15, 0.2) is 34.1 Å². The third-order valence-electron chi connectivity index (χ3n) is 6.59. The van der Waals surface area contributed by atoms with Crippen LogP contribution in [-0.2, 0) is 25.7 Å². The Balaban J connectivity index is 1.76. The Morgan fingerprint density at radius 2 is 1.77 bits per heavy atom. The third-order valence-corrected chi connectivity index (χ3v) is 8.01. The number of hydrogen-bond donors (Lipinski definition) is 1. The summed E-state index contributed by atoms with van der Waals surface area (Å²) in [6.45, 7) is 2.30. The smallest absolute Gasteiger partial charge is 0.227 e. The quantitative estimate of drug-likeness (QED) is 0.730. The summed E-state index contributed by atoms with van der Waals surface area (Å²) in [4.78, 5) is 51.6. The number of rotatable bonds is 1. The average molecular weight is 425 g/mol. The lowest BCUT2D eigenvalue weighted by atomic mass is 9.61. The van der Waals surface area contributed by atoms with E-state index in [1.54, 1.807) is 6.07 Å². The molecule has 7 nitrogen and oxygen atoms in total. The molecule has 0 spiro atoms. The largest absolute Gasteiger partial charge is 0.493 e. The first-order valence-corrected chi connectivity index (χ1v) is 11.1. The zero-order valence-electron chi connectivity index (χ0n) is 16.5. The molecule has 5 rings (SSSR count). The Hall–Kier alpha value is -2.87. The standard InChI is InChI=1S/C22H19NO6S/c1-22-4-3-10(24)7-15(22)20(29-2)18(26)13-8-11-12(9-14(13)22)17(25)16-21(19(11)27)30(28)6-5-23-16/h8-9,23H,3-7H2,1-2H3. The molecule has 30 heavy (non-hydrogen) atoms. The molecule has 1 aliphatic heterocycles. The van der Waals surface area contributed by atoms with E-state index in [9.17, 15) is 23.4 Å². The van der Waals surface area contributed by atoms with Gasteiger partial charge in [-0.25, -0.2) is 0 Å². The van der Waals surface area contributed by atoms with Crippen molar-refractivity contribution in [2.45, 2.75) is 31.6 Å². The van der Waals surface area contributed by atoms with Crippen LogP contribution in [0.1, 0.15) is 62.8 Å². The SMILES string of the molecule is COC1=C2CC(=O)CCC2(C)c2cc3c(cc2C1=O)C(=O)C1=C(NCCS1=O)C3=O. The summed E-state index contributed by atoms with van der Waals surface area (Å²) in [6.07, 6.45) is 0.987. The molecule has 1 fully saturated rings. The van der Waals surface area contributed by atoms with Crippen LogP contribution in [0.2, 0.25) is 0 Å². The van der Waals surface area contributed by atoms with Gasteiger partial charge in [-0.3, -0.25) is 23.4 Å². The maximum absolute atomic E-state index is 13.2. The van der Waals surface area contributed by atoms with Gasteiger partial charge in [-0.2, -0.15) is 0 Å². The minimum atomic E-state index is -1.56. The van der Waals surface area contributed by atoms with Crippen LogP contribution < -0.4 is 5.32 Å². The number of fused-ring (bicyclic) bond motifs is 4. The van der Waals surface area contributed by atoms with Gasteiger partial charge in [-0.15, -0.1) is 0 Å². The van der Waals surface area contributed by atoms with Crippen molar-refractivity contribution in [2.75, 3.05) is 19.4 Å². The molecule has 0 radical (unpaired) electrons. The Kier molecular flexibility index (Phi) is 4.02. The van der Waals surface area contributed by atoms with Crippen LogP contribution in [0.3, 0.4) is 0 Å². The highest BCUT2D eigenvalue weighted by Gasteiger charge is 2.48. The molecule has 1 N–H and O–H groups in total. The van der Waals surface area contributed by atoms with Crippen molar-refractivity contribution in [3.8, 4) is 0 Å². The summed E-state index contributed by atoms with van der Waals surface area (Å²) in [5.74, 6) is -0.847. The number of benzene rings is 1. The molecule has 1 aromatic rings. The first-order valence-electron chi connectivity index (χ1n) is 9.76. The van der Waals surface area contributed by atoms with Gasteiger partial charge in [-0.1, -0.05) is 6.92 Å². The van der Waals surface area contributed by atoms with Gasteiger partial charge in [0.25, 0.3) is 0 Å². The van der Waals surface area contributed by atoms with Crippen molar-refractivity contribution in [3.63, 3.8) is 0 Å². The van der Waals surface area contributed by atoms with Crippen molar-refractivity contribution in [3.05, 3.63) is 56.3 Å². The number of Topliss-reactive ketones (excluding diaryl/α,β-unsaturated/α-hetero) is 4. The second-order valence-electron chi connectivity index (χ2n) is 8.17. The first-order chi connectivity index (χ1) is 14.3. The monoisotopic (exact) mass is 425 g/mol. The van der Waals surface area contributed by atoms with E-state index in [0.29, 0.717) is 36.1 Å². The number of nitrogens with one attached hydrogen (secondary N) is 1. The van der Waals surface area contributed by atoms with Gasteiger partial charge in [0.2, 0.25) is 17.3 Å². The molecular formula is C22H19NO6S. The molecule has 2 atom stereocenters. The fraction of sp³-hybridized carbons (Fsp3) is 0.364. The lowest BCUT2D eigenvalue weighted by molar-refractivity contribution is -0.119. The number of carbonyl (C=O) groups is 4. The maximum Gasteiger partial charge on any atom is 0.227 e. The van der Waals surface area contributed by atoms with Crippen molar-refractivity contribution in [1.29, 1.82) is 0 Å². The van der Waals surface area contributed by atoms with E-state index in [1.165, 1.54) is 13.2 Å². The molecule has 3 aliphatic carbocycles. The summed E-state index contributed by atoms with van der Waals surface area (Å²) in [5.41, 5.74) is 1.31. The van der Waals surface area contributed by atoms with E-state index in [0.717, 1.165) is 0 Å². The van der Waals surface area contributed by atoms with Crippen LogP contribution in [0.25, 0.3) is 0 Å². The maximum atomic E-state index is 13.2. The lowest BCUT2D eigenvalue weighted by Crippen LogP contribution is -2.41. The molecule has 1 aromatic carbocycles. The van der Waals surface area contributed by atoms with Gasteiger partial charge in [0.15, 0.2) is 5.76 Å². The van der Waals surface area contributed by atoms with Gasteiger partial charge in [-0.05, 0) is 29.7 Å². The highest BCUT2D eigenvalue weighted by molar-refractivity contribution is 7.90. The zero-order chi connectivity index (χ0) is 21.4. The van der Waals surface area contributed by atoms with Crippen molar-refractivity contribution >= 4 is 33.9 Å². The molecule has 4 aliphatic rings. The van der Waals surface area contributed by atoms with E-state index in [-0.39, 0.29) is 51.2 Å². The number of ether oxygens (including phenoxy) is 1. The Morgan fingerprint density at radius 1 is 1.03 bits per heavy atom. The lowest BCUT2D eigenvalue weighted by Gasteiger charge is -2.42. The van der Waals surface area contributed by atoms with Gasteiger partial charge >= 0.3 is 0 Å². The molecule has 8 heteroatoms. The molecule has 0 amide bonds. The molecular weight excluding hydrogens is 406 g/mol. The Bertz CT molecular complexity index is 1190. The van der Waals surface area contributed by atoms with Crippen LogP contribution in [0.5, 0.6) is 0 Å². The predicted molar refractivity (Wildman–Crippen MR) is 108 cm³/mol. The third kappa shape index (κ3) is 2.34. The van der Waals surface area contributed by atoms with Crippen LogP contribution in [0.4, 0.5) is 0 Å². The molecule has 154 valence electrons. The fourth-order valence-corrected chi connectivity index (χ4v) is 6.17. The summed E-state index contributed by atoms with van der Waals surface area (Å²) in [5, 5.41) is 2.92. The van der Waals surface area contributed by atoms with Crippen molar-refractivity contribution in [1.82, 2.24) is 5.32 Å². The molecule has 0 aromatic heterocycles. The van der Waals surface area contributed by atoms with Crippen molar-refractivity contribution in [2.24, 2.45) is 0 Å². The van der Waals surface area contributed by atoms with E-state index in [4.69, 9.17) is 4.74 Å². The molecule has 0 bridgehead atoms. The Morgan fingerprint density at radius 3 is 2.50 bits per heavy atom. The number of ketones is 4. The summed E-state index contributed by atoms with van der Waals surface area (Å²) < 4.78 is 17.8. The second kappa shape index (κ2) is 6.31. The van der Waals surface area contributed by atoms with E-state index in [1.807, 2.05) is 6.92 Å². The number of carbonyl (C=O) groups excluding carboxylic acids is 4. The van der Waals surface area contributed by atoms with E-state index < -0.39 is 27.8 Å². The molecule has 2 unspecified atom stereocenters. The van der Waals surface area contributed by atoms with Gasteiger partial charge < -0.3 is 10.1 Å². The van der Waals surface area contributed by atoms with Crippen LogP contribution in [-0.4, -0.2) is 46.7 Å². The summed E-state index contributed by atoms with van der Waals surface area (Å²) in [6, 6.07) is 3.06. The topological polar surface area (TPSA) is 107 Å². The fourth-order valence-electron chi connectivity index (χ4n) is 4.97. The number of hydrogen-bond acceptors (Lipinski definition) is 7. The van der Waals surface area contributed by atoms with Crippen molar-refractivity contribution < 1.29 is 28.1 Å². The van der Waals surface area contributed by atoms with E-state index >= 15 is 0 Å². The van der Waals surface area contributed by atoms with Gasteiger partial charge in [0, 0.05) is 47.2 Å². The van der Waals surface area contributed by atoms with Crippen LogP contribution in [0, 0.1) is 0 Å². The average Bonchev–Trinajstić information content (AvgIpc) is 2.73. The normalized spacial score (nSPS) is 27.9. The van der Waals surface area contributed by atoms with Crippen LogP contribution >= 0.6 is 0 Å². The van der Waals surface area contributed by atoms with Gasteiger partial charge in [0.05, 0.1) is 17.9 Å². The Labute approximate surface area is 175 Å². The second-order valence-corrected chi connectivity index (χ2v) is 9.68. The minimum Gasteiger partial charge on any atom is -0.493 e.